The molecule has 1 saturated heterocycles. The van der Waals surface area contributed by atoms with E-state index in [-0.39, 0.29) is 12.6 Å². The highest BCUT2D eigenvalue weighted by Crippen LogP contribution is 2.35. The van der Waals surface area contributed by atoms with Gasteiger partial charge in [-0.1, -0.05) is 38.1 Å². The van der Waals surface area contributed by atoms with E-state index in [4.69, 9.17) is 4.84 Å². The van der Waals surface area contributed by atoms with E-state index in [2.05, 4.69) is 30.7 Å². The third-order valence-electron chi connectivity index (χ3n) is 5.17. The van der Waals surface area contributed by atoms with Crippen molar-refractivity contribution in [2.24, 2.45) is 0 Å². The SMILES string of the molecule is CC(C)c1ccc(C2C(S(=O)(=O)Nc3ccc(N(C)C)cc3)CON2C)cc1. The van der Waals surface area contributed by atoms with Crippen LogP contribution in [0.4, 0.5) is 11.4 Å². The molecule has 0 aromatic heterocycles. The van der Waals surface area contributed by atoms with E-state index in [9.17, 15) is 8.42 Å². The lowest BCUT2D eigenvalue weighted by atomic mass is 9.98. The van der Waals surface area contributed by atoms with Crippen LogP contribution in [0.25, 0.3) is 0 Å². The van der Waals surface area contributed by atoms with Crippen LogP contribution in [0.2, 0.25) is 0 Å². The quantitative estimate of drug-likeness (QED) is 0.798. The van der Waals surface area contributed by atoms with Crippen molar-refractivity contribution in [2.75, 3.05) is 37.4 Å². The summed E-state index contributed by atoms with van der Waals surface area (Å²) in [5.74, 6) is 0.429. The molecule has 152 valence electrons. The van der Waals surface area contributed by atoms with Crippen LogP contribution < -0.4 is 9.62 Å². The minimum absolute atomic E-state index is 0.123. The van der Waals surface area contributed by atoms with Crippen molar-refractivity contribution in [3.63, 3.8) is 0 Å². The molecule has 0 saturated carbocycles. The van der Waals surface area contributed by atoms with Crippen molar-refractivity contribution in [1.82, 2.24) is 5.06 Å². The lowest BCUT2D eigenvalue weighted by Gasteiger charge is -2.24. The fourth-order valence-corrected chi connectivity index (χ4v) is 4.95. The summed E-state index contributed by atoms with van der Waals surface area (Å²) in [4.78, 5) is 7.56. The number of sulfonamides is 1. The molecule has 2 unspecified atom stereocenters. The van der Waals surface area contributed by atoms with Gasteiger partial charge in [-0.25, -0.2) is 8.42 Å². The summed E-state index contributed by atoms with van der Waals surface area (Å²) in [6, 6.07) is 15.1. The van der Waals surface area contributed by atoms with Crippen LogP contribution in [0.5, 0.6) is 0 Å². The Bertz CT molecular complexity index is 893. The second-order valence-corrected chi connectivity index (χ2v) is 9.63. The van der Waals surface area contributed by atoms with E-state index in [0.29, 0.717) is 11.6 Å². The average Bonchev–Trinajstić information content (AvgIpc) is 3.04. The van der Waals surface area contributed by atoms with Gasteiger partial charge in [0.1, 0.15) is 5.25 Å². The molecule has 7 heteroatoms. The first-order chi connectivity index (χ1) is 13.2. The Kier molecular flexibility index (Phi) is 5.98. The maximum Gasteiger partial charge on any atom is 0.239 e. The van der Waals surface area contributed by atoms with Gasteiger partial charge in [-0.2, -0.15) is 5.06 Å². The van der Waals surface area contributed by atoms with Crippen molar-refractivity contribution in [3.05, 3.63) is 59.7 Å². The van der Waals surface area contributed by atoms with Gasteiger partial charge in [-0.15, -0.1) is 0 Å². The van der Waals surface area contributed by atoms with Gasteiger partial charge in [0.2, 0.25) is 10.0 Å². The number of benzene rings is 2. The van der Waals surface area contributed by atoms with Gasteiger partial charge in [0.05, 0.1) is 12.6 Å². The molecule has 0 aliphatic carbocycles. The Morgan fingerprint density at radius 2 is 1.68 bits per heavy atom. The summed E-state index contributed by atoms with van der Waals surface area (Å²) in [7, 11) is 2.04. The van der Waals surface area contributed by atoms with E-state index < -0.39 is 15.3 Å². The molecule has 2 aromatic carbocycles. The van der Waals surface area contributed by atoms with Crippen LogP contribution >= 0.6 is 0 Å². The smallest absolute Gasteiger partial charge is 0.239 e. The first kappa shape index (κ1) is 20.6. The molecule has 28 heavy (non-hydrogen) atoms. The Hall–Kier alpha value is -2.09. The highest BCUT2D eigenvalue weighted by molar-refractivity contribution is 7.93. The molecule has 6 nitrogen and oxygen atoms in total. The van der Waals surface area contributed by atoms with Crippen LogP contribution in [0.3, 0.4) is 0 Å². The van der Waals surface area contributed by atoms with Crippen LogP contribution in [-0.4, -0.2) is 46.5 Å². The maximum atomic E-state index is 13.1. The van der Waals surface area contributed by atoms with E-state index >= 15 is 0 Å². The number of hydrogen-bond donors (Lipinski definition) is 1. The predicted molar refractivity (Wildman–Crippen MR) is 114 cm³/mol. The zero-order chi connectivity index (χ0) is 20.5. The largest absolute Gasteiger partial charge is 0.378 e. The lowest BCUT2D eigenvalue weighted by molar-refractivity contribution is -0.110. The fraction of sp³-hybridized carbons (Fsp3) is 0.429. The van der Waals surface area contributed by atoms with E-state index in [0.717, 1.165) is 11.3 Å². The van der Waals surface area contributed by atoms with Crippen LogP contribution in [-0.2, 0) is 14.9 Å². The molecule has 0 amide bonds. The second-order valence-electron chi connectivity index (χ2n) is 7.73. The summed E-state index contributed by atoms with van der Waals surface area (Å²) in [6.45, 7) is 4.40. The van der Waals surface area contributed by atoms with E-state index in [1.165, 1.54) is 5.56 Å². The number of hydroxylamine groups is 2. The van der Waals surface area contributed by atoms with Gasteiger partial charge in [0.25, 0.3) is 0 Å². The zero-order valence-corrected chi connectivity index (χ0v) is 17.9. The maximum absolute atomic E-state index is 13.1. The Morgan fingerprint density at radius 3 is 2.21 bits per heavy atom. The molecule has 0 radical (unpaired) electrons. The normalized spacial score (nSPS) is 20.5. The average molecular weight is 404 g/mol. The first-order valence-corrected chi connectivity index (χ1v) is 11.0. The Labute approximate surface area is 168 Å². The molecule has 0 spiro atoms. The first-order valence-electron chi connectivity index (χ1n) is 9.43. The molecule has 2 atom stereocenters. The lowest BCUT2D eigenvalue weighted by Crippen LogP contribution is -2.34. The molecule has 1 heterocycles. The van der Waals surface area contributed by atoms with Gasteiger partial charge in [-0.05, 0) is 41.3 Å². The Balaban J connectivity index is 1.83. The second kappa shape index (κ2) is 8.11. The van der Waals surface area contributed by atoms with Crippen LogP contribution in [0.15, 0.2) is 48.5 Å². The highest BCUT2D eigenvalue weighted by Gasteiger charge is 2.43. The molecule has 1 fully saturated rings. The van der Waals surface area contributed by atoms with Crippen LogP contribution in [0.1, 0.15) is 36.9 Å². The van der Waals surface area contributed by atoms with Crippen LogP contribution in [0, 0.1) is 0 Å². The van der Waals surface area contributed by atoms with Gasteiger partial charge >= 0.3 is 0 Å². The van der Waals surface area contributed by atoms with Crippen molar-refractivity contribution in [1.29, 1.82) is 0 Å². The highest BCUT2D eigenvalue weighted by atomic mass is 32.2. The molecule has 1 aliphatic heterocycles. The summed E-state index contributed by atoms with van der Waals surface area (Å²) in [6.07, 6.45) is 0. The molecule has 2 aromatic rings. The van der Waals surface area contributed by atoms with Gasteiger partial charge < -0.3 is 4.90 Å². The molecule has 1 aliphatic rings. The summed E-state index contributed by atoms with van der Waals surface area (Å²) in [5, 5.41) is 0.944. The molecule has 0 bridgehead atoms. The molecule has 1 N–H and O–H groups in total. The van der Waals surface area contributed by atoms with Crippen molar-refractivity contribution in [3.8, 4) is 0 Å². The zero-order valence-electron chi connectivity index (χ0n) is 17.1. The minimum atomic E-state index is -3.63. The third-order valence-corrected chi connectivity index (χ3v) is 6.88. The number of hydrogen-bond acceptors (Lipinski definition) is 5. The van der Waals surface area contributed by atoms with Gasteiger partial charge in [0.15, 0.2) is 0 Å². The number of nitrogens with one attached hydrogen (secondary N) is 1. The molecular formula is C21H29N3O3S. The number of nitrogens with zero attached hydrogens (tertiary/aromatic N) is 2. The fourth-order valence-electron chi connectivity index (χ4n) is 3.43. The summed E-state index contributed by atoms with van der Waals surface area (Å²) >= 11 is 0. The number of rotatable bonds is 6. The van der Waals surface area contributed by atoms with Gasteiger partial charge in [-0.3, -0.25) is 9.56 Å². The van der Waals surface area contributed by atoms with Crippen molar-refractivity contribution >= 4 is 21.4 Å². The van der Waals surface area contributed by atoms with E-state index in [1.54, 1.807) is 24.2 Å². The van der Waals surface area contributed by atoms with Crippen molar-refractivity contribution < 1.29 is 13.3 Å². The Morgan fingerprint density at radius 1 is 1.07 bits per heavy atom. The topological polar surface area (TPSA) is 61.9 Å². The summed E-state index contributed by atoms with van der Waals surface area (Å²) < 4.78 is 28.9. The molecule has 3 rings (SSSR count). The number of anilines is 2. The van der Waals surface area contributed by atoms with Crippen molar-refractivity contribution in [2.45, 2.75) is 31.1 Å². The predicted octanol–water partition coefficient (Wildman–Crippen LogP) is 3.60. The molecular weight excluding hydrogens is 374 g/mol. The third kappa shape index (κ3) is 4.32. The van der Waals surface area contributed by atoms with Gasteiger partial charge in [0, 0.05) is 32.5 Å². The minimum Gasteiger partial charge on any atom is -0.378 e. The summed E-state index contributed by atoms with van der Waals surface area (Å²) in [5.41, 5.74) is 3.72. The van der Waals surface area contributed by atoms with E-state index in [1.807, 2.05) is 43.3 Å². The monoisotopic (exact) mass is 403 g/mol. The standard InChI is InChI=1S/C21H29N3O3S/c1-15(2)16-6-8-17(9-7-16)21-20(14-27-24(21)5)28(25,26)22-18-10-12-19(13-11-18)23(3)4/h6-13,15,20-22H,14H2,1-5H3.